The minimum absolute atomic E-state index is 0.0369. The highest BCUT2D eigenvalue weighted by Crippen LogP contribution is 2.29. The van der Waals surface area contributed by atoms with E-state index in [1.807, 2.05) is 0 Å². The highest BCUT2D eigenvalue weighted by molar-refractivity contribution is 7.81. The number of aryl methyl sites for hydroxylation is 2. The number of nitrogens with zero attached hydrogens (tertiary/aromatic N) is 1. The standard InChI is InChI=1S/C34H54N4O8S2/c1-19-14-22(39)15-20(2)23(19)17-24(36-32(45)46-33(3,4)5)28(40)35-25(18-47)30(42)38(8)26(16-21-12-10-9-11-13-21)29(41)37-27(31(43)44)34(6,7)48/h14-15,21,24-27,39,47-48H,9-13,16-18H2,1-8H3,(H,35,40)(H,36,45)(H,37,41)(H,43,44)/t24-,25+,26-,27-/m0/s1. The van der Waals surface area contributed by atoms with Gasteiger partial charge in [-0.1, -0.05) is 32.1 Å². The first-order chi connectivity index (χ1) is 22.1. The SMILES string of the molecule is Cc1cc(O)cc(C)c1C[C@H](NC(=O)OC(C)(C)C)C(=O)N[C@H](CS)C(=O)N(C)[C@@H](CC1CCCCC1)C(=O)N[C@@H](C(=O)O)C(C)(C)S. The molecule has 0 heterocycles. The summed E-state index contributed by atoms with van der Waals surface area (Å²) in [5, 5.41) is 27.7. The number of thiol groups is 2. The van der Waals surface area contributed by atoms with Crippen LogP contribution in [0.1, 0.15) is 89.8 Å². The lowest BCUT2D eigenvalue weighted by atomic mass is 9.84. The van der Waals surface area contributed by atoms with Crippen LogP contribution < -0.4 is 16.0 Å². The number of aromatic hydroxyl groups is 1. The highest BCUT2D eigenvalue weighted by atomic mass is 32.1. The number of hydrogen-bond acceptors (Lipinski definition) is 9. The summed E-state index contributed by atoms with van der Waals surface area (Å²) in [4.78, 5) is 67.6. The fraction of sp³-hybridized carbons (Fsp3) is 0.676. The summed E-state index contributed by atoms with van der Waals surface area (Å²) >= 11 is 8.72. The van der Waals surface area contributed by atoms with Gasteiger partial charge in [-0.05, 0) is 89.6 Å². The Morgan fingerprint density at radius 2 is 1.50 bits per heavy atom. The second-order valence-electron chi connectivity index (χ2n) is 14.3. The maximum atomic E-state index is 14.0. The fourth-order valence-corrected chi connectivity index (χ4v) is 6.39. The van der Waals surface area contributed by atoms with Gasteiger partial charge >= 0.3 is 12.1 Å². The number of carbonyl (C=O) groups is 5. The first-order valence-corrected chi connectivity index (χ1v) is 17.4. The van der Waals surface area contributed by atoms with Gasteiger partial charge in [0.15, 0.2) is 0 Å². The molecule has 0 spiro atoms. The Bertz CT molecular complexity index is 1300. The predicted octanol–water partition coefficient (Wildman–Crippen LogP) is 3.93. The summed E-state index contributed by atoms with van der Waals surface area (Å²) in [6, 6.07) is -1.58. The number of ether oxygens (including phenoxy) is 1. The van der Waals surface area contributed by atoms with Gasteiger partial charge in [0.25, 0.3) is 0 Å². The van der Waals surface area contributed by atoms with Gasteiger partial charge < -0.3 is 35.8 Å². The van der Waals surface area contributed by atoms with E-state index in [1.54, 1.807) is 60.6 Å². The zero-order chi connectivity index (χ0) is 36.6. The van der Waals surface area contributed by atoms with Crippen molar-refractivity contribution in [2.45, 2.75) is 128 Å². The molecule has 12 nitrogen and oxygen atoms in total. The first-order valence-electron chi connectivity index (χ1n) is 16.4. The van der Waals surface area contributed by atoms with Crippen molar-refractivity contribution in [3.8, 4) is 5.75 Å². The van der Waals surface area contributed by atoms with Crippen molar-refractivity contribution >= 4 is 55.0 Å². The lowest BCUT2D eigenvalue weighted by Crippen LogP contribution is -2.60. The smallest absolute Gasteiger partial charge is 0.408 e. The number of phenolic OH excluding ortho intramolecular Hbond substituents is 1. The molecule has 1 aliphatic carbocycles. The molecule has 14 heteroatoms. The van der Waals surface area contributed by atoms with E-state index in [4.69, 9.17) is 4.74 Å². The third-order valence-electron chi connectivity index (χ3n) is 8.53. The van der Waals surface area contributed by atoms with Gasteiger partial charge in [0.2, 0.25) is 17.7 Å². The van der Waals surface area contributed by atoms with Crippen LogP contribution in [-0.4, -0.2) is 92.2 Å². The van der Waals surface area contributed by atoms with Crippen molar-refractivity contribution in [2.24, 2.45) is 5.92 Å². The largest absolute Gasteiger partial charge is 0.508 e. The number of benzene rings is 1. The van der Waals surface area contributed by atoms with Gasteiger partial charge in [0, 0.05) is 24.0 Å². The Hall–Kier alpha value is -3.13. The molecule has 48 heavy (non-hydrogen) atoms. The van der Waals surface area contributed by atoms with Crippen molar-refractivity contribution in [2.75, 3.05) is 12.8 Å². The maximum Gasteiger partial charge on any atom is 0.408 e. The number of aliphatic carboxylic acids is 1. The summed E-state index contributed by atoms with van der Waals surface area (Å²) in [5.74, 6) is -3.05. The van der Waals surface area contributed by atoms with Crippen molar-refractivity contribution in [1.29, 1.82) is 0 Å². The van der Waals surface area contributed by atoms with E-state index in [-0.39, 0.29) is 23.8 Å². The first kappa shape index (κ1) is 41.0. The molecule has 0 saturated heterocycles. The molecule has 1 saturated carbocycles. The number of likely N-dealkylation sites (N-methyl/N-ethyl adjacent to an activating group) is 1. The molecule has 0 radical (unpaired) electrons. The zero-order valence-electron chi connectivity index (χ0n) is 29.4. The van der Waals surface area contributed by atoms with Gasteiger partial charge in [-0.3, -0.25) is 14.4 Å². The molecule has 1 aromatic rings. The quantitative estimate of drug-likeness (QED) is 0.142. The van der Waals surface area contributed by atoms with Gasteiger partial charge in [-0.2, -0.15) is 25.3 Å². The Kier molecular flexibility index (Phi) is 15.0. The van der Waals surface area contributed by atoms with E-state index >= 15 is 0 Å². The minimum Gasteiger partial charge on any atom is -0.508 e. The molecule has 270 valence electrons. The number of carbonyl (C=O) groups excluding carboxylic acids is 4. The number of alkyl carbamates (subject to hydrolysis) is 1. The van der Waals surface area contributed by atoms with Crippen LogP contribution in [0.4, 0.5) is 4.79 Å². The number of carboxylic acid groups (broad SMARTS) is 1. The molecule has 0 aliphatic heterocycles. The number of amides is 4. The molecule has 0 aromatic heterocycles. The molecular formula is C34H54N4O8S2. The second-order valence-corrected chi connectivity index (χ2v) is 15.9. The van der Waals surface area contributed by atoms with Crippen LogP contribution in [0.2, 0.25) is 0 Å². The molecular weight excluding hydrogens is 657 g/mol. The highest BCUT2D eigenvalue weighted by Gasteiger charge is 2.39. The van der Waals surface area contributed by atoms with E-state index in [0.717, 1.165) is 37.7 Å². The number of nitrogens with one attached hydrogen (secondary N) is 3. The van der Waals surface area contributed by atoms with Crippen LogP contribution >= 0.6 is 25.3 Å². The summed E-state index contributed by atoms with van der Waals surface area (Å²) in [6.45, 7) is 11.8. The van der Waals surface area contributed by atoms with Gasteiger partial charge in [0.05, 0.1) is 0 Å². The predicted molar refractivity (Wildman–Crippen MR) is 191 cm³/mol. The third-order valence-corrected chi connectivity index (χ3v) is 9.16. The molecule has 4 atom stereocenters. The second kappa shape index (κ2) is 17.5. The molecule has 5 N–H and O–H groups in total. The zero-order valence-corrected chi connectivity index (χ0v) is 31.2. The van der Waals surface area contributed by atoms with Gasteiger partial charge in [0.1, 0.15) is 35.5 Å². The molecule has 2 rings (SSSR count). The van der Waals surface area contributed by atoms with E-state index in [1.165, 1.54) is 11.9 Å². The Morgan fingerprint density at radius 3 is 1.98 bits per heavy atom. The lowest BCUT2D eigenvalue weighted by Gasteiger charge is -2.36. The Labute approximate surface area is 295 Å². The van der Waals surface area contributed by atoms with Crippen molar-refractivity contribution in [3.05, 3.63) is 28.8 Å². The number of phenols is 1. The molecule has 1 aliphatic rings. The van der Waals surface area contributed by atoms with E-state index in [0.29, 0.717) is 17.5 Å². The fourth-order valence-electron chi connectivity index (χ4n) is 5.97. The number of hydrogen-bond donors (Lipinski definition) is 7. The monoisotopic (exact) mass is 710 g/mol. The van der Waals surface area contributed by atoms with Crippen molar-refractivity contribution in [1.82, 2.24) is 20.9 Å². The van der Waals surface area contributed by atoms with Crippen LogP contribution in [-0.2, 0) is 30.3 Å². The number of rotatable bonds is 14. The average Bonchev–Trinajstić information content (AvgIpc) is 2.96. The summed E-state index contributed by atoms with van der Waals surface area (Å²) in [6.07, 6.45) is 4.38. The van der Waals surface area contributed by atoms with E-state index in [2.05, 4.69) is 41.2 Å². The average molecular weight is 711 g/mol. The number of carboxylic acids is 1. The molecule has 1 fully saturated rings. The topological polar surface area (TPSA) is 174 Å². The molecule has 0 unspecified atom stereocenters. The van der Waals surface area contributed by atoms with E-state index < -0.39 is 64.3 Å². The summed E-state index contributed by atoms with van der Waals surface area (Å²) < 4.78 is 4.31. The molecule has 4 amide bonds. The summed E-state index contributed by atoms with van der Waals surface area (Å²) in [5.41, 5.74) is 1.30. The van der Waals surface area contributed by atoms with Gasteiger partial charge in [-0.25, -0.2) is 9.59 Å². The van der Waals surface area contributed by atoms with Crippen LogP contribution in [0.25, 0.3) is 0 Å². The van der Waals surface area contributed by atoms with E-state index in [9.17, 15) is 34.2 Å². The van der Waals surface area contributed by atoms with Crippen LogP contribution in [0.3, 0.4) is 0 Å². The van der Waals surface area contributed by atoms with Crippen LogP contribution in [0.5, 0.6) is 5.75 Å². The normalized spacial score (nSPS) is 16.5. The van der Waals surface area contributed by atoms with Gasteiger partial charge in [-0.15, -0.1) is 0 Å². The molecule has 0 bridgehead atoms. The summed E-state index contributed by atoms with van der Waals surface area (Å²) in [7, 11) is 1.46. The van der Waals surface area contributed by atoms with Crippen molar-refractivity contribution in [3.63, 3.8) is 0 Å². The lowest BCUT2D eigenvalue weighted by molar-refractivity contribution is -0.146. The van der Waals surface area contributed by atoms with Crippen LogP contribution in [0.15, 0.2) is 12.1 Å². The third kappa shape index (κ3) is 12.4. The Balaban J connectivity index is 2.38. The minimum atomic E-state index is -1.32. The van der Waals surface area contributed by atoms with Crippen molar-refractivity contribution < 1.29 is 38.9 Å². The Morgan fingerprint density at radius 1 is 0.938 bits per heavy atom. The maximum absolute atomic E-state index is 14.0. The molecule has 1 aromatic carbocycles. The van der Waals surface area contributed by atoms with Crippen LogP contribution in [0, 0.1) is 19.8 Å².